The van der Waals surface area contributed by atoms with E-state index < -0.39 is 0 Å². The molecule has 0 heterocycles. The van der Waals surface area contributed by atoms with Gasteiger partial charge in [0.05, 0.1) is 6.61 Å². The molecule has 1 rings (SSSR count). The minimum absolute atomic E-state index is 0.239. The minimum atomic E-state index is -0.266. The molecule has 0 radical (unpaired) electrons. The van der Waals surface area contributed by atoms with Crippen LogP contribution in [0.4, 0.5) is 0 Å². The highest BCUT2D eigenvalue weighted by atomic mass is 16.5. The quantitative estimate of drug-likeness (QED) is 0.421. The van der Waals surface area contributed by atoms with E-state index in [9.17, 15) is 4.79 Å². The Labute approximate surface area is 117 Å². The van der Waals surface area contributed by atoms with E-state index in [2.05, 4.69) is 26.8 Å². The van der Waals surface area contributed by atoms with Crippen molar-refractivity contribution in [2.24, 2.45) is 5.41 Å². The maximum absolute atomic E-state index is 11.4. The standard InChI is InChI=1S/C17H26O2/c1-6-19-16(18)12-13(2)9-10-15-14(3)8-7-11-17(15,4)5/h9-10,12H,6-8,11H2,1-5H3/b10-9-,13-12-. The molecule has 106 valence electrons. The number of rotatable bonds is 4. The molecule has 0 amide bonds. The van der Waals surface area contributed by atoms with Crippen molar-refractivity contribution in [1.29, 1.82) is 0 Å². The lowest BCUT2D eigenvalue weighted by atomic mass is 9.72. The van der Waals surface area contributed by atoms with Crippen LogP contribution in [0.2, 0.25) is 0 Å². The van der Waals surface area contributed by atoms with Gasteiger partial charge in [-0.2, -0.15) is 0 Å². The number of esters is 1. The van der Waals surface area contributed by atoms with Gasteiger partial charge in [0.15, 0.2) is 0 Å². The molecule has 2 heteroatoms. The third-order valence-electron chi connectivity index (χ3n) is 3.69. The molecule has 0 fully saturated rings. The zero-order valence-electron chi connectivity index (χ0n) is 12.9. The fourth-order valence-corrected chi connectivity index (χ4v) is 2.64. The molecule has 0 atom stereocenters. The maximum atomic E-state index is 11.4. The molecular formula is C17H26O2. The summed E-state index contributed by atoms with van der Waals surface area (Å²) in [6, 6.07) is 0. The van der Waals surface area contributed by atoms with Gasteiger partial charge in [0.1, 0.15) is 0 Å². The van der Waals surface area contributed by atoms with Gasteiger partial charge in [-0.25, -0.2) is 4.79 Å². The number of carbonyl (C=O) groups excluding carboxylic acids is 1. The van der Waals surface area contributed by atoms with E-state index in [0.29, 0.717) is 6.61 Å². The van der Waals surface area contributed by atoms with E-state index in [4.69, 9.17) is 4.74 Å². The van der Waals surface area contributed by atoms with E-state index >= 15 is 0 Å². The first-order valence-electron chi connectivity index (χ1n) is 7.10. The van der Waals surface area contributed by atoms with Gasteiger partial charge in [0.2, 0.25) is 0 Å². The number of carbonyl (C=O) groups is 1. The average molecular weight is 262 g/mol. The van der Waals surface area contributed by atoms with Gasteiger partial charge < -0.3 is 4.74 Å². The Hall–Kier alpha value is -1.31. The fourth-order valence-electron chi connectivity index (χ4n) is 2.64. The molecule has 0 bridgehead atoms. The fraction of sp³-hybridized carbons (Fsp3) is 0.588. The van der Waals surface area contributed by atoms with Crippen molar-refractivity contribution < 1.29 is 9.53 Å². The third-order valence-corrected chi connectivity index (χ3v) is 3.69. The van der Waals surface area contributed by atoms with Gasteiger partial charge in [-0.05, 0) is 56.6 Å². The highest BCUT2D eigenvalue weighted by Crippen LogP contribution is 2.40. The first-order chi connectivity index (χ1) is 8.86. The Morgan fingerprint density at radius 1 is 1.42 bits per heavy atom. The maximum Gasteiger partial charge on any atom is 0.330 e. The van der Waals surface area contributed by atoms with Crippen LogP contribution in [-0.2, 0) is 9.53 Å². The summed E-state index contributed by atoms with van der Waals surface area (Å²) >= 11 is 0. The van der Waals surface area contributed by atoms with E-state index in [1.807, 2.05) is 19.9 Å². The molecule has 2 nitrogen and oxygen atoms in total. The summed E-state index contributed by atoms with van der Waals surface area (Å²) < 4.78 is 4.91. The molecule has 0 aromatic rings. The number of allylic oxidation sites excluding steroid dienone is 5. The first kappa shape index (κ1) is 15.7. The number of hydrogen-bond donors (Lipinski definition) is 0. The van der Waals surface area contributed by atoms with Crippen molar-refractivity contribution in [3.8, 4) is 0 Å². The SMILES string of the molecule is CCOC(=O)/C=C(C)\C=C/C1=C(C)CCCC1(C)C. The van der Waals surface area contributed by atoms with Gasteiger partial charge in [0.25, 0.3) is 0 Å². The van der Waals surface area contributed by atoms with Crippen LogP contribution in [0.15, 0.2) is 34.9 Å². The summed E-state index contributed by atoms with van der Waals surface area (Å²) in [7, 11) is 0. The molecule has 0 unspecified atom stereocenters. The van der Waals surface area contributed by atoms with Crippen LogP contribution in [0.3, 0.4) is 0 Å². The monoisotopic (exact) mass is 262 g/mol. The van der Waals surface area contributed by atoms with Crippen LogP contribution in [0.5, 0.6) is 0 Å². The predicted molar refractivity (Wildman–Crippen MR) is 79.9 cm³/mol. The molecule has 0 saturated heterocycles. The second-order valence-corrected chi connectivity index (χ2v) is 5.91. The van der Waals surface area contributed by atoms with Gasteiger partial charge in [0, 0.05) is 6.08 Å². The molecule has 0 aliphatic heterocycles. The second-order valence-electron chi connectivity index (χ2n) is 5.91. The van der Waals surface area contributed by atoms with Gasteiger partial charge in [-0.15, -0.1) is 0 Å². The topological polar surface area (TPSA) is 26.3 Å². The van der Waals surface area contributed by atoms with Gasteiger partial charge >= 0.3 is 5.97 Å². The lowest BCUT2D eigenvalue weighted by Gasteiger charge is -2.32. The Morgan fingerprint density at radius 3 is 2.68 bits per heavy atom. The molecule has 1 aliphatic carbocycles. The Balaban J connectivity index is 2.83. The normalized spacial score (nSPS) is 19.9. The highest BCUT2D eigenvalue weighted by molar-refractivity contribution is 5.83. The highest BCUT2D eigenvalue weighted by Gasteiger charge is 2.26. The van der Waals surface area contributed by atoms with Crippen LogP contribution in [0, 0.1) is 5.41 Å². The minimum Gasteiger partial charge on any atom is -0.463 e. The second kappa shape index (κ2) is 6.74. The summed E-state index contributed by atoms with van der Waals surface area (Å²) in [4.78, 5) is 11.4. The van der Waals surface area contributed by atoms with Crippen molar-refractivity contribution in [2.75, 3.05) is 6.61 Å². The number of hydrogen-bond acceptors (Lipinski definition) is 2. The summed E-state index contributed by atoms with van der Waals surface area (Å²) in [5.41, 5.74) is 4.05. The molecule has 0 N–H and O–H groups in total. The average Bonchev–Trinajstić information content (AvgIpc) is 2.27. The summed E-state index contributed by atoms with van der Waals surface area (Å²) in [5, 5.41) is 0. The van der Waals surface area contributed by atoms with Crippen LogP contribution >= 0.6 is 0 Å². The van der Waals surface area contributed by atoms with E-state index in [-0.39, 0.29) is 11.4 Å². The molecule has 1 aliphatic rings. The van der Waals surface area contributed by atoms with Gasteiger partial charge in [-0.1, -0.05) is 31.6 Å². The van der Waals surface area contributed by atoms with Crippen LogP contribution in [0.25, 0.3) is 0 Å². The van der Waals surface area contributed by atoms with E-state index in [1.54, 1.807) is 6.08 Å². The number of ether oxygens (including phenoxy) is 1. The largest absolute Gasteiger partial charge is 0.463 e. The Kier molecular flexibility index (Phi) is 5.59. The summed E-state index contributed by atoms with van der Waals surface area (Å²) in [6.45, 7) is 11.0. The molecule has 0 aromatic heterocycles. The van der Waals surface area contributed by atoms with Crippen molar-refractivity contribution >= 4 is 5.97 Å². The Morgan fingerprint density at radius 2 is 2.11 bits per heavy atom. The summed E-state index contributed by atoms with van der Waals surface area (Å²) in [5.74, 6) is -0.266. The van der Waals surface area contributed by atoms with Gasteiger partial charge in [-0.3, -0.25) is 0 Å². The Bertz CT molecular complexity index is 423. The molecular weight excluding hydrogens is 236 g/mol. The smallest absolute Gasteiger partial charge is 0.330 e. The lowest BCUT2D eigenvalue weighted by molar-refractivity contribution is -0.137. The zero-order valence-corrected chi connectivity index (χ0v) is 12.9. The van der Waals surface area contributed by atoms with Crippen molar-refractivity contribution in [1.82, 2.24) is 0 Å². The predicted octanol–water partition coefficient (Wildman–Crippen LogP) is 4.58. The van der Waals surface area contributed by atoms with Crippen molar-refractivity contribution in [3.05, 3.63) is 34.9 Å². The lowest BCUT2D eigenvalue weighted by Crippen LogP contribution is -2.19. The molecule has 0 aromatic carbocycles. The zero-order chi connectivity index (χ0) is 14.5. The third kappa shape index (κ3) is 4.70. The summed E-state index contributed by atoms with van der Waals surface area (Å²) in [6.07, 6.45) is 9.41. The van der Waals surface area contributed by atoms with Crippen LogP contribution in [-0.4, -0.2) is 12.6 Å². The van der Waals surface area contributed by atoms with Crippen molar-refractivity contribution in [3.63, 3.8) is 0 Å². The molecule has 19 heavy (non-hydrogen) atoms. The molecule has 0 spiro atoms. The van der Waals surface area contributed by atoms with E-state index in [0.717, 1.165) is 5.57 Å². The van der Waals surface area contributed by atoms with Crippen LogP contribution < -0.4 is 0 Å². The first-order valence-corrected chi connectivity index (χ1v) is 7.10. The molecule has 0 saturated carbocycles. The van der Waals surface area contributed by atoms with E-state index in [1.165, 1.54) is 30.4 Å². The van der Waals surface area contributed by atoms with Crippen molar-refractivity contribution in [2.45, 2.75) is 53.9 Å². The van der Waals surface area contributed by atoms with Crippen LogP contribution in [0.1, 0.15) is 53.9 Å².